The first-order valence-electron chi connectivity index (χ1n) is 7.99. The number of nitrogens with one attached hydrogen (secondary N) is 1. The number of aromatic nitrogens is 2. The predicted octanol–water partition coefficient (Wildman–Crippen LogP) is 1.68. The quantitative estimate of drug-likeness (QED) is 0.895. The van der Waals surface area contributed by atoms with E-state index in [4.69, 9.17) is 16.3 Å². The fourth-order valence-electron chi connectivity index (χ4n) is 2.67. The third-order valence-electron chi connectivity index (χ3n) is 3.82. The van der Waals surface area contributed by atoms with Gasteiger partial charge in [0.1, 0.15) is 6.54 Å². The molecule has 1 saturated heterocycles. The zero-order valence-electron chi connectivity index (χ0n) is 13.9. The number of hydrogen-bond acceptors (Lipinski definition) is 5. The lowest BCUT2D eigenvalue weighted by Crippen LogP contribution is -2.41. The molecule has 2 heterocycles. The average Bonchev–Trinajstić information content (AvgIpc) is 2.58. The lowest BCUT2D eigenvalue weighted by molar-refractivity contribution is -0.116. The molecule has 1 amide bonds. The fourth-order valence-corrected chi connectivity index (χ4v) is 2.86. The Hall–Kier alpha value is -2.38. The highest BCUT2D eigenvalue weighted by Crippen LogP contribution is 2.16. The molecule has 1 fully saturated rings. The number of carbonyl (C=O) groups is 1. The number of amides is 1. The second kappa shape index (κ2) is 7.67. The summed E-state index contributed by atoms with van der Waals surface area (Å²) in [7, 11) is 0. The topological polar surface area (TPSA) is 76.5 Å². The van der Waals surface area contributed by atoms with Crippen LogP contribution in [-0.4, -0.2) is 41.8 Å². The second-order valence-corrected chi connectivity index (χ2v) is 6.22. The summed E-state index contributed by atoms with van der Waals surface area (Å²) in [5.41, 5.74) is 0.951. The molecule has 3 rings (SSSR count). The zero-order chi connectivity index (χ0) is 17.8. The van der Waals surface area contributed by atoms with E-state index in [1.165, 1.54) is 10.6 Å². The van der Waals surface area contributed by atoms with Crippen LogP contribution in [0.3, 0.4) is 0 Å². The molecule has 25 heavy (non-hydrogen) atoms. The Bertz CT molecular complexity index is 831. The van der Waals surface area contributed by atoms with Crippen molar-refractivity contribution in [3.05, 3.63) is 51.4 Å². The first kappa shape index (κ1) is 17.4. The molecule has 7 nitrogen and oxygen atoms in total. The molecule has 1 aliphatic rings. The van der Waals surface area contributed by atoms with E-state index in [9.17, 15) is 9.59 Å². The van der Waals surface area contributed by atoms with Crippen molar-refractivity contribution < 1.29 is 9.53 Å². The van der Waals surface area contributed by atoms with Gasteiger partial charge in [-0.25, -0.2) is 4.98 Å². The van der Waals surface area contributed by atoms with Gasteiger partial charge in [-0.15, -0.1) is 0 Å². The number of nitrogens with zero attached hydrogens (tertiary/aromatic N) is 3. The van der Waals surface area contributed by atoms with Crippen LogP contribution in [0.5, 0.6) is 0 Å². The summed E-state index contributed by atoms with van der Waals surface area (Å²) in [6.45, 7) is 4.04. The molecule has 0 bridgehead atoms. The van der Waals surface area contributed by atoms with Crippen LogP contribution < -0.4 is 15.8 Å². The summed E-state index contributed by atoms with van der Waals surface area (Å²) in [5.74, 6) is 0.180. The van der Waals surface area contributed by atoms with Gasteiger partial charge in [0, 0.05) is 35.6 Å². The van der Waals surface area contributed by atoms with Crippen LogP contribution in [0.4, 0.5) is 11.6 Å². The van der Waals surface area contributed by atoms with E-state index in [1.54, 1.807) is 31.2 Å². The van der Waals surface area contributed by atoms with E-state index >= 15 is 0 Å². The third kappa shape index (κ3) is 4.37. The van der Waals surface area contributed by atoms with Gasteiger partial charge >= 0.3 is 0 Å². The molecular weight excluding hydrogens is 344 g/mol. The summed E-state index contributed by atoms with van der Waals surface area (Å²) in [4.78, 5) is 31.2. The molecule has 1 aliphatic heterocycles. The van der Waals surface area contributed by atoms with Gasteiger partial charge in [0.25, 0.3) is 5.56 Å². The van der Waals surface area contributed by atoms with Crippen LogP contribution >= 0.6 is 11.6 Å². The Kier molecular flexibility index (Phi) is 5.35. The van der Waals surface area contributed by atoms with Crippen LogP contribution in [0.15, 0.2) is 35.1 Å². The smallest absolute Gasteiger partial charge is 0.255 e. The van der Waals surface area contributed by atoms with Gasteiger partial charge in [0.05, 0.1) is 13.2 Å². The number of benzene rings is 1. The highest BCUT2D eigenvalue weighted by molar-refractivity contribution is 6.30. The standard InChI is InChI=1S/C17H19ClN4O3/c1-12-9-16(24)22(17(19-12)21-5-7-25-8-6-21)11-15(23)20-14-4-2-3-13(18)10-14/h2-4,9-10H,5-8,11H2,1H3,(H,20,23). The fraction of sp³-hybridized carbons (Fsp3) is 0.353. The number of ether oxygens (including phenoxy) is 1. The largest absolute Gasteiger partial charge is 0.378 e. The molecule has 0 atom stereocenters. The summed E-state index contributed by atoms with van der Waals surface area (Å²) in [6, 6.07) is 8.29. The number of morpholine rings is 1. The Morgan fingerprint density at radius 1 is 1.32 bits per heavy atom. The molecular formula is C17H19ClN4O3. The minimum absolute atomic E-state index is 0.120. The number of rotatable bonds is 4. The van der Waals surface area contributed by atoms with Gasteiger partial charge in [-0.2, -0.15) is 0 Å². The molecule has 2 aromatic rings. The lowest BCUT2D eigenvalue weighted by atomic mass is 10.3. The van der Waals surface area contributed by atoms with Gasteiger partial charge < -0.3 is 15.0 Å². The number of hydrogen-bond donors (Lipinski definition) is 1. The SMILES string of the molecule is Cc1cc(=O)n(CC(=O)Nc2cccc(Cl)c2)c(N2CCOCC2)n1. The van der Waals surface area contributed by atoms with E-state index in [2.05, 4.69) is 10.3 Å². The van der Waals surface area contributed by atoms with E-state index < -0.39 is 0 Å². The molecule has 0 radical (unpaired) electrons. The van der Waals surface area contributed by atoms with Crippen LogP contribution in [-0.2, 0) is 16.1 Å². The van der Waals surface area contributed by atoms with Crippen molar-refractivity contribution in [2.45, 2.75) is 13.5 Å². The normalized spacial score (nSPS) is 14.4. The van der Waals surface area contributed by atoms with Crippen LogP contribution in [0.25, 0.3) is 0 Å². The van der Waals surface area contributed by atoms with Crippen molar-refractivity contribution in [3.63, 3.8) is 0 Å². The lowest BCUT2D eigenvalue weighted by Gasteiger charge is -2.29. The Labute approximate surface area is 150 Å². The first-order chi connectivity index (χ1) is 12.0. The number of aryl methyl sites for hydroxylation is 1. The molecule has 132 valence electrons. The van der Waals surface area contributed by atoms with Crippen molar-refractivity contribution in [3.8, 4) is 0 Å². The maximum absolute atomic E-state index is 12.4. The predicted molar refractivity (Wildman–Crippen MR) is 96.3 cm³/mol. The molecule has 1 aromatic carbocycles. The van der Waals surface area contributed by atoms with E-state index in [-0.39, 0.29) is 18.0 Å². The van der Waals surface area contributed by atoms with E-state index in [0.29, 0.717) is 48.7 Å². The summed E-state index contributed by atoms with van der Waals surface area (Å²) < 4.78 is 6.73. The van der Waals surface area contributed by atoms with Crippen LogP contribution in [0.1, 0.15) is 5.69 Å². The highest BCUT2D eigenvalue weighted by atomic mass is 35.5. The number of carbonyl (C=O) groups excluding carboxylic acids is 1. The second-order valence-electron chi connectivity index (χ2n) is 5.78. The van der Waals surface area contributed by atoms with Gasteiger partial charge in [-0.1, -0.05) is 17.7 Å². The maximum Gasteiger partial charge on any atom is 0.255 e. The van der Waals surface area contributed by atoms with Crippen molar-refractivity contribution in [1.29, 1.82) is 0 Å². The number of anilines is 2. The summed E-state index contributed by atoms with van der Waals surface area (Å²) in [6.07, 6.45) is 0. The van der Waals surface area contributed by atoms with Crippen molar-refractivity contribution >= 4 is 29.1 Å². The van der Waals surface area contributed by atoms with Crippen molar-refractivity contribution in [1.82, 2.24) is 9.55 Å². The van der Waals surface area contributed by atoms with E-state index in [0.717, 1.165) is 0 Å². The minimum Gasteiger partial charge on any atom is -0.378 e. The minimum atomic E-state index is -0.315. The third-order valence-corrected chi connectivity index (χ3v) is 4.06. The first-order valence-corrected chi connectivity index (χ1v) is 8.37. The molecule has 0 unspecified atom stereocenters. The molecule has 1 N–H and O–H groups in total. The van der Waals surface area contributed by atoms with Gasteiger partial charge in [0.2, 0.25) is 11.9 Å². The maximum atomic E-state index is 12.4. The monoisotopic (exact) mass is 362 g/mol. The molecule has 8 heteroatoms. The summed E-state index contributed by atoms with van der Waals surface area (Å²) >= 11 is 5.92. The van der Waals surface area contributed by atoms with Gasteiger partial charge in [-0.3, -0.25) is 14.2 Å². The van der Waals surface area contributed by atoms with Gasteiger partial charge in [-0.05, 0) is 25.1 Å². The molecule has 0 spiro atoms. The van der Waals surface area contributed by atoms with Crippen molar-refractivity contribution in [2.75, 3.05) is 36.5 Å². The number of halogens is 1. The van der Waals surface area contributed by atoms with Crippen LogP contribution in [0, 0.1) is 6.92 Å². The highest BCUT2D eigenvalue weighted by Gasteiger charge is 2.19. The molecule has 1 aromatic heterocycles. The summed E-state index contributed by atoms with van der Waals surface area (Å²) in [5, 5.41) is 3.28. The zero-order valence-corrected chi connectivity index (χ0v) is 14.6. The Morgan fingerprint density at radius 3 is 2.80 bits per heavy atom. The van der Waals surface area contributed by atoms with Gasteiger partial charge in [0.15, 0.2) is 0 Å². The van der Waals surface area contributed by atoms with Crippen molar-refractivity contribution in [2.24, 2.45) is 0 Å². The molecule has 0 aliphatic carbocycles. The Balaban J connectivity index is 1.83. The average molecular weight is 363 g/mol. The Morgan fingerprint density at radius 2 is 2.08 bits per heavy atom. The molecule has 0 saturated carbocycles. The van der Waals surface area contributed by atoms with E-state index in [1.807, 2.05) is 4.90 Å². The van der Waals surface area contributed by atoms with Crippen LogP contribution in [0.2, 0.25) is 5.02 Å².